The van der Waals surface area contributed by atoms with Gasteiger partial charge < -0.3 is 5.32 Å². The maximum atomic E-state index is 13.1. The van der Waals surface area contributed by atoms with E-state index < -0.39 is 17.6 Å². The number of hydrogen-bond acceptors (Lipinski definition) is 2. The lowest BCUT2D eigenvalue weighted by molar-refractivity contribution is -0.138. The van der Waals surface area contributed by atoms with Crippen LogP contribution in [0, 0.1) is 12.3 Å². The quantitative estimate of drug-likeness (QED) is 0.510. The van der Waals surface area contributed by atoms with E-state index in [0.29, 0.717) is 27.8 Å². The number of amides is 1. The standard InChI is InChI=1S/C16H16F3IN2O/c1-9-5-4-7-11(16(17,18)19)13(9)15(23)22-12-8-3-2-6-10(12)14(20)21/h4-5,7,21H,2-3,6,8H2,1H3,(H,22,23). The molecule has 1 aliphatic rings. The van der Waals surface area contributed by atoms with Crippen LogP contribution >= 0.6 is 22.6 Å². The average Bonchev–Trinajstić information content (AvgIpc) is 2.46. The molecule has 0 unspecified atom stereocenters. The lowest BCUT2D eigenvalue weighted by Gasteiger charge is -2.21. The van der Waals surface area contributed by atoms with Crippen molar-refractivity contribution in [2.24, 2.45) is 0 Å². The molecule has 2 N–H and O–H groups in total. The van der Waals surface area contributed by atoms with Crippen LogP contribution in [0.25, 0.3) is 0 Å². The molecule has 2 rings (SSSR count). The van der Waals surface area contributed by atoms with Crippen LogP contribution < -0.4 is 5.32 Å². The minimum absolute atomic E-state index is 0.278. The van der Waals surface area contributed by atoms with Crippen LogP contribution in [0.3, 0.4) is 0 Å². The van der Waals surface area contributed by atoms with Gasteiger partial charge in [0.05, 0.1) is 14.8 Å². The van der Waals surface area contributed by atoms with Crippen molar-refractivity contribution in [1.29, 1.82) is 5.41 Å². The second-order valence-electron chi connectivity index (χ2n) is 5.43. The van der Waals surface area contributed by atoms with Gasteiger partial charge in [-0.2, -0.15) is 13.2 Å². The monoisotopic (exact) mass is 436 g/mol. The van der Waals surface area contributed by atoms with Gasteiger partial charge >= 0.3 is 6.18 Å². The van der Waals surface area contributed by atoms with Crippen LogP contribution in [-0.4, -0.2) is 9.63 Å². The third kappa shape index (κ3) is 4.13. The highest BCUT2D eigenvalue weighted by atomic mass is 127. The van der Waals surface area contributed by atoms with Crippen molar-refractivity contribution in [3.05, 3.63) is 46.2 Å². The topological polar surface area (TPSA) is 53.0 Å². The molecule has 1 aliphatic carbocycles. The van der Waals surface area contributed by atoms with Crippen LogP contribution in [0.4, 0.5) is 13.2 Å². The number of nitrogens with one attached hydrogen (secondary N) is 2. The van der Waals surface area contributed by atoms with Crippen LogP contribution in [0.15, 0.2) is 29.5 Å². The number of halogens is 4. The number of rotatable bonds is 3. The summed E-state index contributed by atoms with van der Waals surface area (Å²) in [5, 5.41) is 10.4. The Labute approximate surface area is 146 Å². The first-order chi connectivity index (χ1) is 10.7. The van der Waals surface area contributed by atoms with Gasteiger partial charge in [0.1, 0.15) is 0 Å². The molecule has 124 valence electrons. The molecule has 0 aliphatic heterocycles. The Morgan fingerprint density at radius 2 is 1.91 bits per heavy atom. The first kappa shape index (κ1) is 18.0. The summed E-state index contributed by atoms with van der Waals surface area (Å²) in [5.74, 6) is -0.762. The molecule has 0 heterocycles. The molecule has 1 aromatic carbocycles. The zero-order valence-electron chi connectivity index (χ0n) is 12.5. The zero-order chi connectivity index (χ0) is 17.2. The molecular formula is C16H16F3IN2O. The molecule has 0 aromatic heterocycles. The molecule has 0 spiro atoms. The highest BCUT2D eigenvalue weighted by molar-refractivity contribution is 14.1. The maximum Gasteiger partial charge on any atom is 0.417 e. The summed E-state index contributed by atoms with van der Waals surface area (Å²) in [4.78, 5) is 12.5. The summed E-state index contributed by atoms with van der Waals surface area (Å²) in [5.41, 5.74) is 0.277. The van der Waals surface area contributed by atoms with Gasteiger partial charge in [-0.15, -0.1) is 0 Å². The van der Waals surface area contributed by atoms with E-state index in [9.17, 15) is 18.0 Å². The van der Waals surface area contributed by atoms with Gasteiger partial charge in [-0.3, -0.25) is 10.2 Å². The lowest BCUT2D eigenvalue weighted by atomic mass is 9.95. The molecular weight excluding hydrogens is 420 g/mol. The van der Waals surface area contributed by atoms with Crippen LogP contribution in [0.1, 0.15) is 47.2 Å². The van der Waals surface area contributed by atoms with E-state index in [4.69, 9.17) is 5.41 Å². The van der Waals surface area contributed by atoms with E-state index in [1.165, 1.54) is 19.1 Å². The van der Waals surface area contributed by atoms with Crippen LogP contribution in [0.5, 0.6) is 0 Å². The average molecular weight is 436 g/mol. The van der Waals surface area contributed by atoms with Gasteiger partial charge in [0.2, 0.25) is 0 Å². The minimum Gasteiger partial charge on any atom is -0.325 e. The molecule has 23 heavy (non-hydrogen) atoms. The molecule has 0 saturated heterocycles. The van der Waals surface area contributed by atoms with Gasteiger partial charge in [0.25, 0.3) is 5.91 Å². The summed E-state index contributed by atoms with van der Waals surface area (Å²) in [7, 11) is 0. The number of carbonyl (C=O) groups is 1. The number of allylic oxidation sites excluding steroid dienone is 2. The summed E-state index contributed by atoms with van der Waals surface area (Å²) < 4.78 is 39.8. The van der Waals surface area contributed by atoms with Gasteiger partial charge in [-0.1, -0.05) is 12.1 Å². The predicted molar refractivity (Wildman–Crippen MR) is 90.9 cm³/mol. The van der Waals surface area contributed by atoms with Crippen molar-refractivity contribution in [2.45, 2.75) is 38.8 Å². The first-order valence-electron chi connectivity index (χ1n) is 7.16. The largest absolute Gasteiger partial charge is 0.417 e. The lowest BCUT2D eigenvalue weighted by Crippen LogP contribution is -2.29. The number of carbonyl (C=O) groups excluding carboxylic acids is 1. The third-order valence-corrected chi connectivity index (χ3v) is 4.45. The van der Waals surface area contributed by atoms with Crippen LogP contribution in [0.2, 0.25) is 0 Å². The molecule has 0 fully saturated rings. The maximum absolute atomic E-state index is 13.1. The molecule has 3 nitrogen and oxygen atoms in total. The second-order valence-corrected chi connectivity index (χ2v) is 6.51. The fraction of sp³-hybridized carbons (Fsp3) is 0.375. The van der Waals surface area contributed by atoms with E-state index >= 15 is 0 Å². The molecule has 1 amide bonds. The molecule has 0 atom stereocenters. The molecule has 0 bridgehead atoms. The van der Waals surface area contributed by atoms with Crippen molar-refractivity contribution in [1.82, 2.24) is 5.32 Å². The van der Waals surface area contributed by atoms with E-state index in [1.54, 1.807) is 0 Å². The fourth-order valence-corrected chi connectivity index (χ4v) is 3.29. The number of alkyl halides is 3. The van der Waals surface area contributed by atoms with E-state index in [2.05, 4.69) is 5.32 Å². The molecule has 7 heteroatoms. The zero-order valence-corrected chi connectivity index (χ0v) is 14.6. The highest BCUT2D eigenvalue weighted by Gasteiger charge is 2.36. The minimum atomic E-state index is -4.58. The predicted octanol–water partition coefficient (Wildman–Crippen LogP) is 4.98. The molecule has 1 aromatic rings. The Bertz CT molecular complexity index is 680. The first-order valence-corrected chi connectivity index (χ1v) is 8.24. The summed E-state index contributed by atoms with van der Waals surface area (Å²) in [6.07, 6.45) is -1.59. The van der Waals surface area contributed by atoms with E-state index in [-0.39, 0.29) is 11.1 Å². The van der Waals surface area contributed by atoms with Crippen LogP contribution in [-0.2, 0) is 6.18 Å². The second kappa shape index (κ2) is 7.02. The Hall–Kier alpha value is -1.38. The summed E-state index contributed by atoms with van der Waals surface area (Å²) in [6.45, 7) is 1.49. The van der Waals surface area contributed by atoms with Gasteiger partial charge in [0, 0.05) is 11.3 Å². The SMILES string of the molecule is Cc1cccc(C(F)(F)F)c1C(=O)NC1=C(C(=N)I)CCCC1. The van der Waals surface area contributed by atoms with E-state index in [0.717, 1.165) is 18.9 Å². The summed E-state index contributed by atoms with van der Waals surface area (Å²) >= 11 is 1.86. The number of hydrogen-bond donors (Lipinski definition) is 2. The Balaban J connectivity index is 2.40. The summed E-state index contributed by atoms with van der Waals surface area (Å²) in [6, 6.07) is 3.69. The number of aryl methyl sites for hydroxylation is 1. The van der Waals surface area contributed by atoms with Crippen molar-refractivity contribution in [3.8, 4) is 0 Å². The highest BCUT2D eigenvalue weighted by Crippen LogP contribution is 2.34. The van der Waals surface area contributed by atoms with Gasteiger partial charge in [0.15, 0.2) is 0 Å². The molecule has 0 saturated carbocycles. The Morgan fingerprint density at radius 1 is 1.26 bits per heavy atom. The van der Waals surface area contributed by atoms with Crippen molar-refractivity contribution in [2.75, 3.05) is 0 Å². The van der Waals surface area contributed by atoms with Crippen molar-refractivity contribution >= 4 is 32.2 Å². The van der Waals surface area contributed by atoms with Gasteiger partial charge in [-0.05, 0) is 66.8 Å². The third-order valence-electron chi connectivity index (χ3n) is 3.80. The van der Waals surface area contributed by atoms with Crippen molar-refractivity contribution < 1.29 is 18.0 Å². The van der Waals surface area contributed by atoms with E-state index in [1.807, 2.05) is 22.6 Å². The van der Waals surface area contributed by atoms with Gasteiger partial charge in [-0.25, -0.2) is 0 Å². The smallest absolute Gasteiger partial charge is 0.325 e. The Morgan fingerprint density at radius 3 is 2.52 bits per heavy atom. The molecule has 0 radical (unpaired) electrons. The normalized spacial score (nSPS) is 15.5. The number of benzene rings is 1. The Kier molecular flexibility index (Phi) is 5.49. The fourth-order valence-electron chi connectivity index (χ4n) is 2.69. The van der Waals surface area contributed by atoms with Crippen molar-refractivity contribution in [3.63, 3.8) is 0 Å².